The Morgan fingerprint density at radius 1 is 1.07 bits per heavy atom. The van der Waals surface area contributed by atoms with E-state index in [2.05, 4.69) is 5.92 Å². The van der Waals surface area contributed by atoms with Gasteiger partial charge >= 0.3 is 0 Å². The lowest BCUT2D eigenvalue weighted by molar-refractivity contribution is 1.66. The van der Waals surface area contributed by atoms with Gasteiger partial charge in [0.2, 0.25) is 0 Å². The van der Waals surface area contributed by atoms with Crippen molar-refractivity contribution in [1.82, 2.24) is 0 Å². The summed E-state index contributed by atoms with van der Waals surface area (Å²) in [5, 5.41) is 1.87. The maximum atomic E-state index is 5.90. The molecule has 0 bridgehead atoms. The molecule has 0 spiro atoms. The van der Waals surface area contributed by atoms with Crippen molar-refractivity contribution in [3.8, 4) is 12.3 Å². The van der Waals surface area contributed by atoms with Gasteiger partial charge < -0.3 is 11.5 Å². The molecule has 2 nitrogen and oxygen atoms in total. The second kappa shape index (κ2) is 2.97. The number of benzene rings is 2. The molecule has 4 N–H and O–H groups in total. The van der Waals surface area contributed by atoms with Crippen molar-refractivity contribution in [2.75, 3.05) is 11.5 Å². The highest BCUT2D eigenvalue weighted by molar-refractivity contribution is 6.02. The zero-order valence-corrected chi connectivity index (χ0v) is 7.62. The van der Waals surface area contributed by atoms with Crippen LogP contribution < -0.4 is 11.5 Å². The van der Waals surface area contributed by atoms with Gasteiger partial charge in [0.05, 0.1) is 5.69 Å². The van der Waals surface area contributed by atoms with E-state index in [1.54, 1.807) is 6.07 Å². The van der Waals surface area contributed by atoms with Crippen LogP contribution in [0.3, 0.4) is 0 Å². The maximum Gasteiger partial charge on any atom is 0.0554 e. The number of hydrogen-bond acceptors (Lipinski definition) is 2. The number of terminal acetylenes is 1. The van der Waals surface area contributed by atoms with Gasteiger partial charge in [-0.15, -0.1) is 6.42 Å². The molecular weight excluding hydrogens is 172 g/mol. The Hall–Kier alpha value is -2.14. The highest BCUT2D eigenvalue weighted by Gasteiger charge is 2.05. The molecule has 0 atom stereocenters. The summed E-state index contributed by atoms with van der Waals surface area (Å²) < 4.78 is 0. The highest BCUT2D eigenvalue weighted by Crippen LogP contribution is 2.29. The summed E-state index contributed by atoms with van der Waals surface area (Å²) >= 11 is 0. The van der Waals surface area contributed by atoms with Crippen LogP contribution in [0.15, 0.2) is 30.3 Å². The van der Waals surface area contributed by atoms with Gasteiger partial charge in [-0.3, -0.25) is 0 Å². The van der Waals surface area contributed by atoms with Crippen LogP contribution in [-0.4, -0.2) is 0 Å². The number of fused-ring (bicyclic) bond motifs is 1. The van der Waals surface area contributed by atoms with Gasteiger partial charge in [-0.1, -0.05) is 30.2 Å². The summed E-state index contributed by atoms with van der Waals surface area (Å²) in [5.41, 5.74) is 13.7. The Labute approximate surface area is 82.5 Å². The van der Waals surface area contributed by atoms with Gasteiger partial charge in [0.15, 0.2) is 0 Å². The van der Waals surface area contributed by atoms with Crippen molar-refractivity contribution >= 4 is 22.1 Å². The Morgan fingerprint density at radius 3 is 2.36 bits per heavy atom. The molecule has 0 unspecified atom stereocenters. The molecule has 0 aliphatic rings. The zero-order chi connectivity index (χ0) is 10.1. The fraction of sp³-hybridized carbons (Fsp3) is 0. The molecule has 0 amide bonds. The Kier molecular flexibility index (Phi) is 1.79. The van der Waals surface area contributed by atoms with Crippen LogP contribution >= 0.6 is 0 Å². The molecule has 14 heavy (non-hydrogen) atoms. The van der Waals surface area contributed by atoms with Crippen LogP contribution in [0, 0.1) is 12.3 Å². The second-order valence-electron chi connectivity index (χ2n) is 3.12. The third-order valence-corrected chi connectivity index (χ3v) is 2.27. The molecule has 0 heterocycles. The van der Waals surface area contributed by atoms with E-state index in [1.165, 1.54) is 0 Å². The molecule has 2 heteroatoms. The molecule has 2 aromatic carbocycles. The van der Waals surface area contributed by atoms with Gasteiger partial charge in [-0.05, 0) is 6.07 Å². The van der Waals surface area contributed by atoms with E-state index in [9.17, 15) is 0 Å². The largest absolute Gasteiger partial charge is 0.398 e. The molecule has 2 rings (SSSR count). The van der Waals surface area contributed by atoms with Crippen molar-refractivity contribution < 1.29 is 0 Å². The molecule has 2 aromatic rings. The summed E-state index contributed by atoms with van der Waals surface area (Å²) in [5.74, 6) is 2.52. The van der Waals surface area contributed by atoms with E-state index in [0.717, 1.165) is 10.8 Å². The molecule has 0 saturated heterocycles. The zero-order valence-electron chi connectivity index (χ0n) is 7.62. The van der Waals surface area contributed by atoms with Crippen molar-refractivity contribution in [2.45, 2.75) is 0 Å². The van der Waals surface area contributed by atoms with Gasteiger partial charge in [-0.25, -0.2) is 0 Å². The predicted molar refractivity (Wildman–Crippen MR) is 60.7 cm³/mol. The minimum atomic E-state index is 0.623. The van der Waals surface area contributed by atoms with Gasteiger partial charge in [0, 0.05) is 22.0 Å². The minimum Gasteiger partial charge on any atom is -0.398 e. The molecule has 0 aliphatic carbocycles. The highest BCUT2D eigenvalue weighted by atomic mass is 14.6. The average molecular weight is 182 g/mol. The molecule has 68 valence electrons. The first-order chi connectivity index (χ1) is 6.74. The van der Waals surface area contributed by atoms with Crippen LogP contribution in [0.1, 0.15) is 5.56 Å². The number of hydrogen-bond donors (Lipinski definition) is 2. The monoisotopic (exact) mass is 182 g/mol. The summed E-state index contributed by atoms with van der Waals surface area (Å²) in [7, 11) is 0. The third kappa shape index (κ3) is 1.07. The minimum absolute atomic E-state index is 0.623. The van der Waals surface area contributed by atoms with Crippen molar-refractivity contribution in [2.24, 2.45) is 0 Å². The van der Waals surface area contributed by atoms with E-state index in [0.29, 0.717) is 16.9 Å². The summed E-state index contributed by atoms with van der Waals surface area (Å²) in [6.07, 6.45) is 5.33. The summed E-state index contributed by atoms with van der Waals surface area (Å²) in [6, 6.07) is 9.42. The molecule has 0 saturated carbocycles. The normalized spacial score (nSPS) is 9.93. The Balaban J connectivity index is 2.96. The summed E-state index contributed by atoms with van der Waals surface area (Å²) in [6.45, 7) is 0. The van der Waals surface area contributed by atoms with Crippen LogP contribution in [0.4, 0.5) is 11.4 Å². The Bertz CT molecular complexity index is 536. The van der Waals surface area contributed by atoms with Crippen molar-refractivity contribution in [3.05, 3.63) is 35.9 Å². The van der Waals surface area contributed by atoms with Gasteiger partial charge in [0.1, 0.15) is 0 Å². The third-order valence-electron chi connectivity index (χ3n) is 2.27. The van der Waals surface area contributed by atoms with Crippen LogP contribution in [0.25, 0.3) is 10.8 Å². The first kappa shape index (κ1) is 8.46. The van der Waals surface area contributed by atoms with Crippen molar-refractivity contribution in [1.29, 1.82) is 0 Å². The topological polar surface area (TPSA) is 52.0 Å². The summed E-state index contributed by atoms with van der Waals surface area (Å²) in [4.78, 5) is 0. The van der Waals surface area contributed by atoms with Crippen molar-refractivity contribution in [3.63, 3.8) is 0 Å². The van der Waals surface area contributed by atoms with E-state index >= 15 is 0 Å². The average Bonchev–Trinajstić information content (AvgIpc) is 2.23. The lowest BCUT2D eigenvalue weighted by Crippen LogP contribution is -1.96. The quantitative estimate of drug-likeness (QED) is 0.483. The SMILES string of the molecule is C#Cc1cc(N)c2ccccc2c1N. The first-order valence-electron chi connectivity index (χ1n) is 4.27. The van der Waals surface area contributed by atoms with Gasteiger partial charge in [0.25, 0.3) is 0 Å². The fourth-order valence-electron chi connectivity index (χ4n) is 1.55. The van der Waals surface area contributed by atoms with Crippen LogP contribution in [0.5, 0.6) is 0 Å². The molecule has 0 fully saturated rings. The maximum absolute atomic E-state index is 5.90. The van der Waals surface area contributed by atoms with Crippen LogP contribution in [-0.2, 0) is 0 Å². The standard InChI is InChI=1S/C12H10N2/c1-2-8-7-11(13)9-5-3-4-6-10(9)12(8)14/h1,3-7H,13-14H2. The lowest BCUT2D eigenvalue weighted by atomic mass is 10.0. The molecule has 0 aliphatic heterocycles. The number of nitrogen functional groups attached to an aromatic ring is 2. The van der Waals surface area contributed by atoms with E-state index in [1.807, 2.05) is 24.3 Å². The fourth-order valence-corrected chi connectivity index (χ4v) is 1.55. The smallest absolute Gasteiger partial charge is 0.0554 e. The number of rotatable bonds is 0. The number of anilines is 2. The van der Waals surface area contributed by atoms with E-state index < -0.39 is 0 Å². The number of nitrogens with two attached hydrogens (primary N) is 2. The van der Waals surface area contributed by atoms with E-state index in [-0.39, 0.29) is 0 Å². The predicted octanol–water partition coefficient (Wildman–Crippen LogP) is 1.99. The first-order valence-corrected chi connectivity index (χ1v) is 4.27. The Morgan fingerprint density at radius 2 is 1.71 bits per heavy atom. The molecule has 0 aromatic heterocycles. The molecule has 0 radical (unpaired) electrons. The van der Waals surface area contributed by atoms with E-state index in [4.69, 9.17) is 17.9 Å². The lowest BCUT2D eigenvalue weighted by Gasteiger charge is -2.07. The second-order valence-corrected chi connectivity index (χ2v) is 3.12. The van der Waals surface area contributed by atoms with Gasteiger partial charge in [-0.2, -0.15) is 0 Å². The molecular formula is C12H10N2. The van der Waals surface area contributed by atoms with Crippen LogP contribution in [0.2, 0.25) is 0 Å².